The van der Waals surface area contributed by atoms with Gasteiger partial charge in [0.1, 0.15) is 5.82 Å². The van der Waals surface area contributed by atoms with Crippen molar-refractivity contribution in [3.63, 3.8) is 0 Å². The number of benzene rings is 1. The summed E-state index contributed by atoms with van der Waals surface area (Å²) in [5.41, 5.74) is 0.682. The molecule has 5 nitrogen and oxygen atoms in total. The minimum Gasteiger partial charge on any atom is -0.439 e. The first-order chi connectivity index (χ1) is 10.4. The molecule has 1 aromatic heterocycles. The van der Waals surface area contributed by atoms with Gasteiger partial charge < -0.3 is 4.42 Å². The number of unbranched alkanes of at least 4 members (excludes halogenated alkanes) is 1. The number of oxazole rings is 1. The summed E-state index contributed by atoms with van der Waals surface area (Å²) >= 11 is 0. The second-order valence-corrected chi connectivity index (χ2v) is 6.96. The van der Waals surface area contributed by atoms with E-state index in [0.29, 0.717) is 17.7 Å². The predicted molar refractivity (Wildman–Crippen MR) is 82.1 cm³/mol. The van der Waals surface area contributed by atoms with Crippen LogP contribution in [0.3, 0.4) is 0 Å². The monoisotopic (exact) mass is 326 g/mol. The fourth-order valence-corrected chi connectivity index (χ4v) is 3.37. The molecule has 0 spiro atoms. The zero-order valence-corrected chi connectivity index (χ0v) is 13.4. The molecule has 0 bridgehead atoms. The van der Waals surface area contributed by atoms with Gasteiger partial charge >= 0.3 is 0 Å². The first-order valence-corrected chi connectivity index (χ1v) is 8.78. The lowest BCUT2D eigenvalue weighted by Crippen LogP contribution is -2.29. The van der Waals surface area contributed by atoms with Crippen LogP contribution in [0.4, 0.5) is 4.39 Å². The fourth-order valence-electron chi connectivity index (χ4n) is 1.95. The van der Waals surface area contributed by atoms with Crippen molar-refractivity contribution in [1.82, 2.24) is 9.71 Å². The van der Waals surface area contributed by atoms with Crippen molar-refractivity contribution in [2.45, 2.75) is 32.7 Å². The number of nitrogens with one attached hydrogen (secondary N) is 1. The lowest BCUT2D eigenvalue weighted by atomic mass is 10.2. The first-order valence-electron chi connectivity index (χ1n) is 7.13. The maximum Gasteiger partial charge on any atom is 0.212 e. The summed E-state index contributed by atoms with van der Waals surface area (Å²) < 4.78 is 44.7. The van der Waals surface area contributed by atoms with E-state index in [2.05, 4.69) is 9.71 Å². The van der Waals surface area contributed by atoms with Crippen LogP contribution in [0.25, 0.3) is 11.3 Å². The highest BCUT2D eigenvalue weighted by Crippen LogP contribution is 2.23. The summed E-state index contributed by atoms with van der Waals surface area (Å²) in [5.74, 6) is 0.494. The molecule has 0 saturated carbocycles. The van der Waals surface area contributed by atoms with E-state index in [0.717, 1.165) is 6.42 Å². The molecule has 0 saturated heterocycles. The van der Waals surface area contributed by atoms with E-state index >= 15 is 0 Å². The molecule has 0 aliphatic rings. The fraction of sp³-hybridized carbons (Fsp3) is 0.400. The average Bonchev–Trinajstić information content (AvgIpc) is 2.95. The van der Waals surface area contributed by atoms with Crippen molar-refractivity contribution in [2.75, 3.05) is 5.75 Å². The second-order valence-electron chi connectivity index (χ2n) is 5.08. The Morgan fingerprint density at radius 2 is 2.00 bits per heavy atom. The summed E-state index contributed by atoms with van der Waals surface area (Å²) in [6, 6.07) is 5.25. The lowest BCUT2D eigenvalue weighted by Gasteiger charge is -2.10. The molecular formula is C15H19FN2O3S. The van der Waals surface area contributed by atoms with Crippen LogP contribution in [0.15, 0.2) is 34.9 Å². The van der Waals surface area contributed by atoms with Gasteiger partial charge in [0, 0.05) is 5.56 Å². The molecular weight excluding hydrogens is 307 g/mol. The van der Waals surface area contributed by atoms with Crippen LogP contribution < -0.4 is 4.72 Å². The van der Waals surface area contributed by atoms with Crippen LogP contribution in [0.2, 0.25) is 0 Å². The summed E-state index contributed by atoms with van der Waals surface area (Å²) in [5, 5.41) is 0. The number of rotatable bonds is 7. The third-order valence-corrected chi connectivity index (χ3v) is 4.68. The number of halogens is 1. The van der Waals surface area contributed by atoms with Gasteiger partial charge in [0.2, 0.25) is 15.9 Å². The summed E-state index contributed by atoms with van der Waals surface area (Å²) in [4.78, 5) is 4.09. The van der Waals surface area contributed by atoms with Gasteiger partial charge in [-0.25, -0.2) is 22.5 Å². The summed E-state index contributed by atoms with van der Waals surface area (Å²) in [7, 11) is -3.35. The molecule has 1 heterocycles. The molecule has 0 radical (unpaired) electrons. The van der Waals surface area contributed by atoms with E-state index in [9.17, 15) is 12.8 Å². The van der Waals surface area contributed by atoms with Crippen LogP contribution in [0.5, 0.6) is 0 Å². The Morgan fingerprint density at radius 3 is 2.64 bits per heavy atom. The predicted octanol–water partition coefficient (Wildman–Crippen LogP) is 3.26. The minimum absolute atomic E-state index is 0.0827. The van der Waals surface area contributed by atoms with Crippen molar-refractivity contribution < 1.29 is 17.2 Å². The Labute approximate surface area is 129 Å². The summed E-state index contributed by atoms with van der Waals surface area (Å²) in [6.45, 7) is 3.60. The standard InChI is InChI=1S/C15H19FN2O3S/c1-3-4-9-22(19,20)18-11(2)15-17-10-14(21-15)12-5-7-13(16)8-6-12/h5-8,10-11,18H,3-4,9H2,1-2H3. The first kappa shape index (κ1) is 16.6. The zero-order valence-electron chi connectivity index (χ0n) is 12.5. The summed E-state index contributed by atoms with van der Waals surface area (Å²) in [6.07, 6.45) is 2.91. The van der Waals surface area contributed by atoms with Crippen LogP contribution in [-0.2, 0) is 10.0 Å². The highest BCUT2D eigenvalue weighted by molar-refractivity contribution is 7.89. The van der Waals surface area contributed by atoms with Crippen LogP contribution in [0.1, 0.15) is 38.6 Å². The number of nitrogens with zero attached hydrogens (tertiary/aromatic N) is 1. The molecule has 0 fully saturated rings. The van der Waals surface area contributed by atoms with Crippen molar-refractivity contribution in [1.29, 1.82) is 0 Å². The van der Waals surface area contributed by atoms with Gasteiger partial charge in [0.05, 0.1) is 18.0 Å². The quantitative estimate of drug-likeness (QED) is 0.847. The Morgan fingerprint density at radius 1 is 1.32 bits per heavy atom. The lowest BCUT2D eigenvalue weighted by molar-refractivity contribution is 0.452. The molecule has 2 aromatic rings. The van der Waals surface area contributed by atoms with E-state index in [1.807, 2.05) is 6.92 Å². The molecule has 1 atom stereocenters. The third-order valence-electron chi connectivity index (χ3n) is 3.15. The Balaban J connectivity index is 2.09. The zero-order chi connectivity index (χ0) is 16.2. The molecule has 1 aromatic carbocycles. The van der Waals surface area contributed by atoms with E-state index < -0.39 is 16.1 Å². The number of sulfonamides is 1. The van der Waals surface area contributed by atoms with E-state index in [-0.39, 0.29) is 17.5 Å². The van der Waals surface area contributed by atoms with Gasteiger partial charge in [-0.1, -0.05) is 13.3 Å². The van der Waals surface area contributed by atoms with E-state index in [1.165, 1.54) is 18.3 Å². The maximum absolute atomic E-state index is 12.9. The normalized spacial score (nSPS) is 13.2. The van der Waals surface area contributed by atoms with Gasteiger partial charge in [0.25, 0.3) is 0 Å². The largest absolute Gasteiger partial charge is 0.439 e. The van der Waals surface area contributed by atoms with Crippen molar-refractivity contribution in [3.8, 4) is 11.3 Å². The smallest absolute Gasteiger partial charge is 0.212 e. The Hall–Kier alpha value is -1.73. The van der Waals surface area contributed by atoms with E-state index in [1.54, 1.807) is 19.1 Å². The number of aromatic nitrogens is 1. The molecule has 0 amide bonds. The van der Waals surface area contributed by atoms with Crippen LogP contribution >= 0.6 is 0 Å². The molecule has 2 rings (SSSR count). The highest BCUT2D eigenvalue weighted by Gasteiger charge is 2.19. The SMILES string of the molecule is CCCCS(=O)(=O)NC(C)c1ncc(-c2ccc(F)cc2)o1. The minimum atomic E-state index is -3.35. The van der Waals surface area contributed by atoms with E-state index in [4.69, 9.17) is 4.42 Å². The number of hydrogen-bond acceptors (Lipinski definition) is 4. The molecule has 7 heteroatoms. The Bertz CT molecular complexity index is 711. The van der Waals surface area contributed by atoms with Crippen LogP contribution in [-0.4, -0.2) is 19.2 Å². The van der Waals surface area contributed by atoms with Gasteiger partial charge in [0.15, 0.2) is 5.76 Å². The van der Waals surface area contributed by atoms with Gasteiger partial charge in [-0.15, -0.1) is 0 Å². The topological polar surface area (TPSA) is 72.2 Å². The Kier molecular flexibility index (Phi) is 5.31. The molecule has 1 N–H and O–H groups in total. The van der Waals surface area contributed by atoms with Crippen molar-refractivity contribution in [3.05, 3.63) is 42.2 Å². The molecule has 1 unspecified atom stereocenters. The van der Waals surface area contributed by atoms with Gasteiger partial charge in [-0.05, 0) is 37.6 Å². The third kappa shape index (κ3) is 4.38. The highest BCUT2D eigenvalue weighted by atomic mass is 32.2. The second kappa shape index (κ2) is 7.02. The van der Waals surface area contributed by atoms with Gasteiger partial charge in [-0.3, -0.25) is 0 Å². The molecule has 22 heavy (non-hydrogen) atoms. The van der Waals surface area contributed by atoms with Crippen molar-refractivity contribution >= 4 is 10.0 Å². The average molecular weight is 326 g/mol. The van der Waals surface area contributed by atoms with Crippen molar-refractivity contribution in [2.24, 2.45) is 0 Å². The molecule has 0 aliphatic heterocycles. The molecule has 120 valence electrons. The van der Waals surface area contributed by atoms with Crippen LogP contribution in [0, 0.1) is 5.82 Å². The molecule has 0 aliphatic carbocycles. The maximum atomic E-state index is 12.9. The number of hydrogen-bond donors (Lipinski definition) is 1. The van der Waals surface area contributed by atoms with Gasteiger partial charge in [-0.2, -0.15) is 0 Å².